The molecule has 0 saturated carbocycles. The molecule has 0 aliphatic heterocycles. The molecule has 0 fully saturated rings. The summed E-state index contributed by atoms with van der Waals surface area (Å²) >= 11 is 0. The highest BCUT2D eigenvalue weighted by Gasteiger charge is 2.26. The van der Waals surface area contributed by atoms with E-state index in [0.717, 1.165) is 33.2 Å². The van der Waals surface area contributed by atoms with Crippen molar-refractivity contribution in [1.29, 1.82) is 0 Å². The van der Waals surface area contributed by atoms with Crippen molar-refractivity contribution >= 4 is 34.3 Å². The van der Waals surface area contributed by atoms with E-state index in [1.807, 2.05) is 106 Å². The van der Waals surface area contributed by atoms with Gasteiger partial charge in [0, 0.05) is 11.1 Å². The number of nitrogens with zero attached hydrogens (tertiary/aromatic N) is 2. The first kappa shape index (κ1) is 33.9. The van der Waals surface area contributed by atoms with E-state index < -0.39 is 23.4 Å². The lowest BCUT2D eigenvalue weighted by Gasteiger charge is -2.24. The number of benzene rings is 2. The number of rotatable bonds is 6. The van der Waals surface area contributed by atoms with Gasteiger partial charge in [0.2, 0.25) is 0 Å². The van der Waals surface area contributed by atoms with Crippen molar-refractivity contribution in [2.75, 3.05) is 0 Å². The van der Waals surface area contributed by atoms with Crippen LogP contribution in [-0.4, -0.2) is 43.3 Å². The van der Waals surface area contributed by atoms with E-state index in [0.29, 0.717) is 11.6 Å². The first-order chi connectivity index (χ1) is 21.5. The molecule has 0 bridgehead atoms. The van der Waals surface area contributed by atoms with Gasteiger partial charge in [0.25, 0.3) is 0 Å². The van der Waals surface area contributed by atoms with Crippen LogP contribution in [0.25, 0.3) is 22.1 Å². The van der Waals surface area contributed by atoms with E-state index in [1.165, 1.54) is 0 Å². The van der Waals surface area contributed by atoms with Crippen molar-refractivity contribution < 1.29 is 19.1 Å². The molecule has 0 aliphatic rings. The topological polar surface area (TPSA) is 134 Å². The molecule has 4 aromatic rings. The molecule has 2 amide bonds. The molecule has 0 spiro atoms. The summed E-state index contributed by atoms with van der Waals surface area (Å²) in [6.45, 7) is 19.0. The fourth-order valence-corrected chi connectivity index (χ4v) is 4.69. The molecular weight excluding hydrogens is 580 g/mol. The summed E-state index contributed by atoms with van der Waals surface area (Å²) in [6, 6.07) is 10.7. The molecule has 242 valence electrons. The largest absolute Gasteiger partial charge is 0.444 e. The maximum atomic E-state index is 12.4. The average molecular weight is 625 g/mol. The summed E-state index contributed by atoms with van der Waals surface area (Å²) < 4.78 is 10.9. The maximum Gasteiger partial charge on any atom is 0.408 e. The van der Waals surface area contributed by atoms with E-state index in [1.54, 1.807) is 0 Å². The second kappa shape index (κ2) is 13.6. The Morgan fingerprint density at radius 3 is 1.37 bits per heavy atom. The number of alkyl carbamates (subject to hydrolysis) is 2. The number of imidazole rings is 2. The van der Waals surface area contributed by atoms with Crippen LogP contribution in [0.4, 0.5) is 9.59 Å². The van der Waals surface area contributed by atoms with Crippen molar-refractivity contribution in [3.63, 3.8) is 0 Å². The highest BCUT2D eigenvalue weighted by Crippen LogP contribution is 2.25. The summed E-state index contributed by atoms with van der Waals surface area (Å²) in [5, 5.41) is 5.86. The van der Waals surface area contributed by atoms with Crippen LogP contribution in [-0.2, 0) is 9.47 Å². The highest BCUT2D eigenvalue weighted by molar-refractivity contribution is 5.78. The van der Waals surface area contributed by atoms with E-state index in [9.17, 15) is 9.59 Å². The number of carbonyl (C=O) groups is 2. The number of fused-ring (bicyclic) bond motifs is 2. The Kier molecular flexibility index (Phi) is 10.0. The van der Waals surface area contributed by atoms with Crippen molar-refractivity contribution in [3.8, 4) is 23.7 Å². The first-order valence-electron chi connectivity index (χ1n) is 15.5. The average Bonchev–Trinajstić information content (AvgIpc) is 3.54. The van der Waals surface area contributed by atoms with E-state index in [2.05, 4.69) is 44.3 Å². The maximum absolute atomic E-state index is 12.4. The van der Waals surface area contributed by atoms with Crippen molar-refractivity contribution in [2.24, 2.45) is 11.8 Å². The lowest BCUT2D eigenvalue weighted by atomic mass is 10.0. The molecule has 2 aromatic heterocycles. The smallest absolute Gasteiger partial charge is 0.408 e. The minimum absolute atomic E-state index is 0.0840. The lowest BCUT2D eigenvalue weighted by Crippen LogP contribution is -2.37. The van der Waals surface area contributed by atoms with E-state index in [-0.39, 0.29) is 23.9 Å². The molecule has 1 unspecified atom stereocenters. The van der Waals surface area contributed by atoms with Gasteiger partial charge in [0.1, 0.15) is 22.9 Å². The quantitative estimate of drug-likeness (QED) is 0.167. The van der Waals surface area contributed by atoms with Crippen LogP contribution in [0.3, 0.4) is 0 Å². The molecule has 4 rings (SSSR count). The van der Waals surface area contributed by atoms with Crippen LogP contribution in [0, 0.1) is 35.5 Å². The zero-order valence-electron chi connectivity index (χ0n) is 28.3. The molecule has 46 heavy (non-hydrogen) atoms. The summed E-state index contributed by atoms with van der Waals surface area (Å²) in [7, 11) is 0. The number of carbonyl (C=O) groups excluding carboxylic acids is 2. The van der Waals surface area contributed by atoms with Gasteiger partial charge in [0.15, 0.2) is 0 Å². The van der Waals surface area contributed by atoms with Crippen LogP contribution in [0.2, 0.25) is 0 Å². The van der Waals surface area contributed by atoms with E-state index in [4.69, 9.17) is 19.4 Å². The van der Waals surface area contributed by atoms with Crippen LogP contribution >= 0.6 is 0 Å². The molecule has 0 radical (unpaired) electrons. The zero-order valence-corrected chi connectivity index (χ0v) is 28.3. The lowest BCUT2D eigenvalue weighted by molar-refractivity contribution is 0.0476. The third-order valence-electron chi connectivity index (χ3n) is 6.74. The molecule has 2 atom stereocenters. The molecule has 2 aromatic carbocycles. The number of H-pyrrole nitrogens is 2. The Hall–Kier alpha value is -4.96. The van der Waals surface area contributed by atoms with Gasteiger partial charge in [-0.15, -0.1) is 0 Å². The van der Waals surface area contributed by atoms with Gasteiger partial charge in [-0.3, -0.25) is 0 Å². The fraction of sp³-hybridized carbons (Fsp3) is 0.444. The standard InChI is InChI=1S/C36H44N6O4/c1-21(2)29(41-33(43)45-35(5,6)7)31-37-25-17-15-23(19-27(25)39-31)13-11-12-14-24-16-18-26-28(20-24)40-32(38-26)30(22(3)4)42-34(44)46-36(8,9)10/h15-22,29-30H,1-10H3,(H,37,39)(H,38,40)(H,41,43)(H,42,44)/t29-,30?/m0/s1. The first-order valence-corrected chi connectivity index (χ1v) is 15.5. The number of hydrogen-bond acceptors (Lipinski definition) is 6. The van der Waals surface area contributed by atoms with Gasteiger partial charge in [0.05, 0.1) is 34.2 Å². The molecule has 0 aliphatic carbocycles. The number of nitrogens with one attached hydrogen (secondary N) is 4. The monoisotopic (exact) mass is 624 g/mol. The van der Waals surface area contributed by atoms with Crippen LogP contribution < -0.4 is 10.6 Å². The predicted octanol–water partition coefficient (Wildman–Crippen LogP) is 7.29. The van der Waals surface area contributed by atoms with Crippen LogP contribution in [0.1, 0.15) is 104 Å². The molecule has 10 heteroatoms. The Balaban J connectivity index is 1.48. The van der Waals surface area contributed by atoms with Crippen molar-refractivity contribution in [2.45, 2.75) is 92.5 Å². The SMILES string of the molecule is CC(C)C(NC(=O)OC(C)(C)C)c1nc2ccc(C#CC#Cc3ccc4nc([C@@H](NC(=O)OC(C)(C)C)C(C)C)[nH]c4c3)cc2[nH]1. The van der Waals surface area contributed by atoms with Gasteiger partial charge in [-0.1, -0.05) is 39.5 Å². The van der Waals surface area contributed by atoms with Gasteiger partial charge >= 0.3 is 12.2 Å². The number of amides is 2. The molecule has 4 N–H and O–H groups in total. The summed E-state index contributed by atoms with van der Waals surface area (Å²) in [4.78, 5) is 40.9. The highest BCUT2D eigenvalue weighted by atomic mass is 16.6. The van der Waals surface area contributed by atoms with Gasteiger partial charge in [-0.2, -0.15) is 0 Å². The summed E-state index contributed by atoms with van der Waals surface area (Å²) in [6.07, 6.45) is -0.974. The third-order valence-corrected chi connectivity index (χ3v) is 6.74. The van der Waals surface area contributed by atoms with Crippen molar-refractivity contribution in [3.05, 3.63) is 59.2 Å². The molecule has 10 nitrogen and oxygen atoms in total. The van der Waals surface area contributed by atoms with E-state index >= 15 is 0 Å². The summed E-state index contributed by atoms with van der Waals surface area (Å²) in [5.41, 5.74) is 3.55. The van der Waals surface area contributed by atoms with Gasteiger partial charge in [-0.25, -0.2) is 19.6 Å². The number of hydrogen-bond donors (Lipinski definition) is 4. The zero-order chi connectivity index (χ0) is 33.8. The molecule has 0 saturated heterocycles. The van der Waals surface area contributed by atoms with Crippen LogP contribution in [0.15, 0.2) is 36.4 Å². The second-order valence-electron chi connectivity index (χ2n) is 13.9. The Morgan fingerprint density at radius 1 is 0.674 bits per heavy atom. The third kappa shape index (κ3) is 9.28. The predicted molar refractivity (Wildman–Crippen MR) is 180 cm³/mol. The normalized spacial score (nSPS) is 13.0. The Bertz CT molecular complexity index is 1710. The van der Waals surface area contributed by atoms with Gasteiger partial charge < -0.3 is 30.1 Å². The summed E-state index contributed by atoms with van der Waals surface area (Å²) in [5.74, 6) is 13.5. The minimum atomic E-state index is -0.593. The van der Waals surface area contributed by atoms with Gasteiger partial charge in [-0.05, 0) is 102 Å². The minimum Gasteiger partial charge on any atom is -0.444 e. The number of aromatic amines is 2. The fourth-order valence-electron chi connectivity index (χ4n) is 4.69. The molecular formula is C36H44N6O4. The van der Waals surface area contributed by atoms with Crippen molar-refractivity contribution in [1.82, 2.24) is 30.6 Å². The Labute approximate surface area is 270 Å². The Morgan fingerprint density at radius 2 is 1.04 bits per heavy atom. The molecule has 2 heterocycles. The number of ether oxygens (including phenoxy) is 2. The van der Waals surface area contributed by atoms with Crippen LogP contribution in [0.5, 0.6) is 0 Å². The number of aromatic nitrogens is 4. The second-order valence-corrected chi connectivity index (χ2v) is 13.9.